The molecule has 2 heterocycles. The largest absolute Gasteiger partial charge is 0.459 e. The highest BCUT2D eigenvalue weighted by atomic mass is 16.6. The SMILES string of the molecule is Cc1[nH]c(C(=O)N2CCc3ccc([N+](=O)[O-])cc32)c(C)c1C(=O)OC(C)C. The number of carbonyl (C=O) groups excluding carboxylic acids is 2. The molecule has 8 nitrogen and oxygen atoms in total. The van der Waals surface area contributed by atoms with E-state index in [9.17, 15) is 19.7 Å². The van der Waals surface area contributed by atoms with Gasteiger partial charge in [0.25, 0.3) is 11.6 Å². The predicted octanol–water partition coefficient (Wildman–Crippen LogP) is 3.31. The zero-order valence-electron chi connectivity index (χ0n) is 15.7. The number of anilines is 1. The van der Waals surface area contributed by atoms with Crippen LogP contribution >= 0.6 is 0 Å². The van der Waals surface area contributed by atoms with Crippen molar-refractivity contribution in [3.05, 3.63) is 56.4 Å². The van der Waals surface area contributed by atoms with Gasteiger partial charge in [0.1, 0.15) is 5.69 Å². The molecule has 0 bridgehead atoms. The second-order valence-corrected chi connectivity index (χ2v) is 6.86. The molecule has 1 aliphatic rings. The molecule has 1 aliphatic heterocycles. The minimum atomic E-state index is -0.481. The highest BCUT2D eigenvalue weighted by Crippen LogP contribution is 2.33. The average Bonchev–Trinajstić information content (AvgIpc) is 3.13. The fourth-order valence-electron chi connectivity index (χ4n) is 3.37. The number of aromatic amines is 1. The van der Waals surface area contributed by atoms with Crippen LogP contribution in [0.15, 0.2) is 18.2 Å². The van der Waals surface area contributed by atoms with Gasteiger partial charge in [-0.25, -0.2) is 4.79 Å². The van der Waals surface area contributed by atoms with Crippen LogP contribution < -0.4 is 4.90 Å². The van der Waals surface area contributed by atoms with Gasteiger partial charge in [0.15, 0.2) is 0 Å². The molecular formula is C19H21N3O5. The lowest BCUT2D eigenvalue weighted by atomic mass is 10.1. The van der Waals surface area contributed by atoms with E-state index < -0.39 is 10.9 Å². The van der Waals surface area contributed by atoms with E-state index in [4.69, 9.17) is 4.74 Å². The van der Waals surface area contributed by atoms with Gasteiger partial charge in [0.2, 0.25) is 0 Å². The van der Waals surface area contributed by atoms with E-state index in [1.54, 1.807) is 33.8 Å². The Morgan fingerprint density at radius 2 is 2.00 bits per heavy atom. The minimum absolute atomic E-state index is 0.0611. The molecule has 1 aromatic carbocycles. The third kappa shape index (κ3) is 3.30. The lowest BCUT2D eigenvalue weighted by Crippen LogP contribution is -2.29. The summed E-state index contributed by atoms with van der Waals surface area (Å²) < 4.78 is 5.26. The lowest BCUT2D eigenvalue weighted by molar-refractivity contribution is -0.384. The molecular weight excluding hydrogens is 350 g/mol. The van der Waals surface area contributed by atoms with E-state index in [0.29, 0.717) is 41.2 Å². The number of nitro benzene ring substituents is 1. The number of hydrogen-bond donors (Lipinski definition) is 1. The normalized spacial score (nSPS) is 13.0. The summed E-state index contributed by atoms with van der Waals surface area (Å²) in [5.41, 5.74) is 3.07. The summed E-state index contributed by atoms with van der Waals surface area (Å²) in [6, 6.07) is 4.54. The average molecular weight is 371 g/mol. The Bertz CT molecular complexity index is 945. The molecule has 8 heteroatoms. The van der Waals surface area contributed by atoms with Gasteiger partial charge in [-0.2, -0.15) is 0 Å². The molecule has 0 spiro atoms. The van der Waals surface area contributed by atoms with Crippen molar-refractivity contribution in [1.29, 1.82) is 0 Å². The van der Waals surface area contributed by atoms with Gasteiger partial charge in [-0.1, -0.05) is 6.07 Å². The van der Waals surface area contributed by atoms with Gasteiger partial charge in [0, 0.05) is 24.4 Å². The van der Waals surface area contributed by atoms with Gasteiger partial charge in [-0.15, -0.1) is 0 Å². The molecule has 0 saturated heterocycles. The number of amides is 1. The number of aryl methyl sites for hydroxylation is 1. The summed E-state index contributed by atoms with van der Waals surface area (Å²) in [7, 11) is 0. The molecule has 3 rings (SSSR count). The number of non-ortho nitro benzene ring substituents is 1. The van der Waals surface area contributed by atoms with Crippen LogP contribution in [0.4, 0.5) is 11.4 Å². The predicted molar refractivity (Wildman–Crippen MR) is 99.3 cm³/mol. The molecule has 0 radical (unpaired) electrons. The van der Waals surface area contributed by atoms with E-state index in [1.165, 1.54) is 17.0 Å². The van der Waals surface area contributed by atoms with E-state index in [2.05, 4.69) is 4.98 Å². The number of nitrogens with one attached hydrogen (secondary N) is 1. The number of rotatable bonds is 4. The smallest absolute Gasteiger partial charge is 0.340 e. The van der Waals surface area contributed by atoms with Crippen molar-refractivity contribution in [3.8, 4) is 0 Å². The molecule has 27 heavy (non-hydrogen) atoms. The van der Waals surface area contributed by atoms with Crippen molar-refractivity contribution < 1.29 is 19.2 Å². The van der Waals surface area contributed by atoms with Crippen molar-refractivity contribution in [1.82, 2.24) is 4.98 Å². The number of benzene rings is 1. The Balaban J connectivity index is 1.96. The van der Waals surface area contributed by atoms with E-state index in [-0.39, 0.29) is 17.7 Å². The second kappa shape index (κ2) is 6.86. The van der Waals surface area contributed by atoms with Crippen LogP contribution in [-0.4, -0.2) is 34.4 Å². The summed E-state index contributed by atoms with van der Waals surface area (Å²) in [5.74, 6) is -0.800. The fourth-order valence-corrected chi connectivity index (χ4v) is 3.37. The number of ether oxygens (including phenoxy) is 1. The molecule has 0 atom stereocenters. The van der Waals surface area contributed by atoms with Crippen molar-refractivity contribution in [2.75, 3.05) is 11.4 Å². The minimum Gasteiger partial charge on any atom is -0.459 e. The fraction of sp³-hybridized carbons (Fsp3) is 0.368. The zero-order valence-corrected chi connectivity index (χ0v) is 15.7. The Kier molecular flexibility index (Phi) is 4.73. The topological polar surface area (TPSA) is 106 Å². The Morgan fingerprint density at radius 3 is 2.63 bits per heavy atom. The first kappa shape index (κ1) is 18.6. The van der Waals surface area contributed by atoms with Gasteiger partial charge >= 0.3 is 5.97 Å². The first-order valence-electron chi connectivity index (χ1n) is 8.70. The number of carbonyl (C=O) groups is 2. The Morgan fingerprint density at radius 1 is 1.30 bits per heavy atom. The molecule has 0 fully saturated rings. The maximum Gasteiger partial charge on any atom is 0.340 e. The molecule has 1 amide bonds. The molecule has 1 aromatic heterocycles. The van der Waals surface area contributed by atoms with Crippen LogP contribution in [0.3, 0.4) is 0 Å². The van der Waals surface area contributed by atoms with Crippen LogP contribution in [0.2, 0.25) is 0 Å². The highest BCUT2D eigenvalue weighted by molar-refractivity contribution is 6.09. The third-order valence-electron chi connectivity index (χ3n) is 4.62. The van der Waals surface area contributed by atoms with Crippen LogP contribution in [-0.2, 0) is 11.2 Å². The van der Waals surface area contributed by atoms with Crippen LogP contribution in [0.1, 0.15) is 51.5 Å². The zero-order chi connectivity index (χ0) is 19.9. The highest BCUT2D eigenvalue weighted by Gasteiger charge is 2.31. The number of esters is 1. The summed E-state index contributed by atoms with van der Waals surface area (Å²) >= 11 is 0. The summed E-state index contributed by atoms with van der Waals surface area (Å²) in [4.78, 5) is 40.5. The first-order valence-corrected chi connectivity index (χ1v) is 8.70. The molecule has 2 aromatic rings. The van der Waals surface area contributed by atoms with Crippen molar-refractivity contribution >= 4 is 23.3 Å². The molecule has 142 valence electrons. The number of hydrogen-bond acceptors (Lipinski definition) is 5. The Hall–Kier alpha value is -3.16. The van der Waals surface area contributed by atoms with E-state index in [1.807, 2.05) is 0 Å². The number of aromatic nitrogens is 1. The van der Waals surface area contributed by atoms with Crippen molar-refractivity contribution in [3.63, 3.8) is 0 Å². The van der Waals surface area contributed by atoms with Crippen molar-refractivity contribution in [2.45, 2.75) is 40.2 Å². The number of fused-ring (bicyclic) bond motifs is 1. The number of nitro groups is 1. The lowest BCUT2D eigenvalue weighted by Gasteiger charge is -2.17. The van der Waals surface area contributed by atoms with Gasteiger partial charge in [0.05, 0.1) is 22.3 Å². The molecule has 0 aliphatic carbocycles. The standard InChI is InChI=1S/C19H21N3O5/c1-10(2)27-19(24)16-11(3)17(20-12(16)4)18(23)21-8-7-13-5-6-14(22(25)26)9-15(13)21/h5-6,9-10,20H,7-8H2,1-4H3. The molecule has 1 N–H and O–H groups in total. The molecule has 0 saturated carbocycles. The summed E-state index contributed by atoms with van der Waals surface area (Å²) in [5, 5.41) is 11.1. The van der Waals surface area contributed by atoms with Crippen LogP contribution in [0, 0.1) is 24.0 Å². The van der Waals surface area contributed by atoms with Crippen molar-refractivity contribution in [2.24, 2.45) is 0 Å². The summed E-state index contributed by atoms with van der Waals surface area (Å²) in [6.45, 7) is 7.35. The molecule has 0 unspecified atom stereocenters. The maximum atomic E-state index is 13.1. The second-order valence-electron chi connectivity index (χ2n) is 6.86. The number of H-pyrrole nitrogens is 1. The quantitative estimate of drug-likeness (QED) is 0.504. The van der Waals surface area contributed by atoms with Gasteiger partial charge in [-0.05, 0) is 45.2 Å². The van der Waals surface area contributed by atoms with Gasteiger partial charge < -0.3 is 14.6 Å². The van der Waals surface area contributed by atoms with E-state index >= 15 is 0 Å². The van der Waals surface area contributed by atoms with E-state index in [0.717, 1.165) is 5.56 Å². The Labute approximate surface area is 156 Å². The first-order chi connectivity index (χ1) is 12.7. The third-order valence-corrected chi connectivity index (χ3v) is 4.62. The van der Waals surface area contributed by atoms with Crippen LogP contribution in [0.5, 0.6) is 0 Å². The number of nitrogens with zero attached hydrogens (tertiary/aromatic N) is 2. The summed E-state index contributed by atoms with van der Waals surface area (Å²) in [6.07, 6.45) is 0.358. The maximum absolute atomic E-state index is 13.1. The van der Waals surface area contributed by atoms with Gasteiger partial charge in [-0.3, -0.25) is 14.9 Å². The van der Waals surface area contributed by atoms with Crippen LogP contribution in [0.25, 0.3) is 0 Å². The monoisotopic (exact) mass is 371 g/mol.